The van der Waals surface area contributed by atoms with Crippen LogP contribution in [0.5, 0.6) is 0 Å². The van der Waals surface area contributed by atoms with Crippen LogP contribution in [-0.2, 0) is 19.4 Å². The normalized spacial score (nSPS) is 25.2. The second kappa shape index (κ2) is 6.71. The predicted octanol–water partition coefficient (Wildman–Crippen LogP) is 1.53. The monoisotopic (exact) mass is 382 g/mol. The lowest BCUT2D eigenvalue weighted by atomic mass is 9.94. The number of ether oxygens (including phenoxy) is 1. The quantitative estimate of drug-likeness (QED) is 0.801. The Morgan fingerprint density at radius 1 is 1.35 bits per heavy atom. The molecule has 2 amide bonds. The number of methoxy groups -OCH3 is 1. The van der Waals surface area contributed by atoms with E-state index in [0.717, 1.165) is 0 Å². The smallest absolute Gasteiger partial charge is 0.337 e. The first-order valence-electron chi connectivity index (χ1n) is 8.09. The molecular weight excluding hydrogens is 363 g/mol. The van der Waals surface area contributed by atoms with Crippen LogP contribution in [0.25, 0.3) is 0 Å². The fourth-order valence-corrected chi connectivity index (χ4v) is 5.19. The summed E-state index contributed by atoms with van der Waals surface area (Å²) in [5.74, 6) is -1.46. The van der Waals surface area contributed by atoms with Crippen LogP contribution in [0.2, 0.25) is 0 Å². The molecule has 7 nitrogen and oxygen atoms in total. The van der Waals surface area contributed by atoms with Crippen LogP contribution in [0.15, 0.2) is 35.5 Å². The summed E-state index contributed by atoms with van der Waals surface area (Å²) in [6.07, 6.45) is 0.284. The van der Waals surface area contributed by atoms with Gasteiger partial charge < -0.3 is 10.1 Å². The summed E-state index contributed by atoms with van der Waals surface area (Å²) in [6, 6.07) is 3.68. The van der Waals surface area contributed by atoms with Crippen LogP contribution < -0.4 is 5.32 Å². The average Bonchev–Trinajstić information content (AvgIpc) is 2.93. The van der Waals surface area contributed by atoms with Crippen LogP contribution in [0.1, 0.15) is 24.9 Å². The molecule has 0 saturated carbocycles. The van der Waals surface area contributed by atoms with Crippen LogP contribution in [0.3, 0.4) is 0 Å². The first-order valence-corrected chi connectivity index (χ1v) is 9.91. The average molecular weight is 382 g/mol. The number of nitrogens with one attached hydrogen (secondary N) is 1. The molecule has 140 valence electrons. The Morgan fingerprint density at radius 2 is 2.04 bits per heavy atom. The predicted molar refractivity (Wildman–Crippen MR) is 91.3 cm³/mol. The van der Waals surface area contributed by atoms with Gasteiger partial charge in [0.25, 0.3) is 0 Å². The van der Waals surface area contributed by atoms with Gasteiger partial charge in [0.2, 0.25) is 0 Å². The lowest BCUT2D eigenvalue weighted by Gasteiger charge is -2.38. The molecule has 3 rings (SSSR count). The van der Waals surface area contributed by atoms with Gasteiger partial charge in [0.05, 0.1) is 36.3 Å². The maximum Gasteiger partial charge on any atom is 0.337 e. The van der Waals surface area contributed by atoms with Gasteiger partial charge in [-0.2, -0.15) is 0 Å². The molecule has 2 heterocycles. The third-order valence-corrected chi connectivity index (χ3v) is 6.47. The molecule has 0 aliphatic carbocycles. The van der Waals surface area contributed by atoms with Crippen molar-refractivity contribution < 1.29 is 27.1 Å². The molecule has 26 heavy (non-hydrogen) atoms. The number of nitrogens with zero attached hydrogens (tertiary/aromatic N) is 1. The first kappa shape index (κ1) is 18.4. The number of esters is 1. The number of rotatable bonds is 3. The number of halogens is 1. The SMILES string of the molecule is COC(=O)C1=C(C)N(C2CCS(=O)(=O)C2)C(=O)NC1c1ccccc1F. The van der Waals surface area contributed by atoms with Crippen molar-refractivity contribution in [2.24, 2.45) is 0 Å². The number of hydrogen-bond donors (Lipinski definition) is 1. The zero-order valence-corrected chi connectivity index (χ0v) is 15.2. The molecule has 0 aromatic heterocycles. The molecular formula is C17H19FN2O5S. The topological polar surface area (TPSA) is 92.8 Å². The van der Waals surface area contributed by atoms with Crippen molar-refractivity contribution in [2.45, 2.75) is 25.4 Å². The second-order valence-corrected chi connectivity index (χ2v) is 8.55. The molecule has 0 radical (unpaired) electrons. The van der Waals surface area contributed by atoms with Crippen molar-refractivity contribution >= 4 is 21.8 Å². The van der Waals surface area contributed by atoms with E-state index in [1.807, 2.05) is 0 Å². The Labute approximate surface area is 150 Å². The number of carbonyl (C=O) groups is 2. The molecule has 2 atom stereocenters. The molecule has 2 unspecified atom stereocenters. The Hall–Kier alpha value is -2.42. The van der Waals surface area contributed by atoms with Crippen LogP contribution >= 0.6 is 0 Å². The minimum Gasteiger partial charge on any atom is -0.466 e. The van der Waals surface area contributed by atoms with E-state index >= 15 is 0 Å². The number of carbonyl (C=O) groups excluding carboxylic acids is 2. The highest BCUT2D eigenvalue weighted by Crippen LogP contribution is 2.35. The van der Waals surface area contributed by atoms with E-state index in [1.165, 1.54) is 30.2 Å². The Bertz CT molecular complexity index is 896. The van der Waals surface area contributed by atoms with Gasteiger partial charge in [0, 0.05) is 11.3 Å². The Balaban J connectivity index is 2.09. The van der Waals surface area contributed by atoms with Gasteiger partial charge in [-0.15, -0.1) is 0 Å². The molecule has 0 spiro atoms. The molecule has 9 heteroatoms. The summed E-state index contributed by atoms with van der Waals surface area (Å²) in [7, 11) is -2.03. The molecule has 1 N–H and O–H groups in total. The minimum absolute atomic E-state index is 0.0149. The van der Waals surface area contributed by atoms with Gasteiger partial charge in [0.15, 0.2) is 9.84 Å². The third kappa shape index (κ3) is 3.18. The van der Waals surface area contributed by atoms with Crippen molar-refractivity contribution in [2.75, 3.05) is 18.6 Å². The van der Waals surface area contributed by atoms with Gasteiger partial charge in [0.1, 0.15) is 5.82 Å². The standard InChI is InChI=1S/C17H19FN2O5S/c1-10-14(16(21)25-2)15(12-5-3-4-6-13(12)18)19-17(22)20(10)11-7-8-26(23,24)9-11/h3-6,11,15H,7-9H2,1-2H3,(H,19,22). The summed E-state index contributed by atoms with van der Waals surface area (Å²) >= 11 is 0. The highest BCUT2D eigenvalue weighted by Gasteiger charge is 2.43. The van der Waals surface area contributed by atoms with Crippen LogP contribution in [0, 0.1) is 5.82 Å². The zero-order chi connectivity index (χ0) is 19.1. The first-order chi connectivity index (χ1) is 12.2. The molecule has 0 bridgehead atoms. The number of hydrogen-bond acceptors (Lipinski definition) is 5. The molecule has 2 aliphatic rings. The lowest BCUT2D eigenvalue weighted by Crippen LogP contribution is -2.52. The van der Waals surface area contributed by atoms with Crippen molar-refractivity contribution in [3.8, 4) is 0 Å². The van der Waals surface area contributed by atoms with Gasteiger partial charge >= 0.3 is 12.0 Å². The fraction of sp³-hybridized carbons (Fsp3) is 0.412. The van der Waals surface area contributed by atoms with Crippen LogP contribution in [-0.4, -0.2) is 50.0 Å². The molecule has 2 aliphatic heterocycles. The van der Waals surface area contributed by atoms with Crippen molar-refractivity contribution in [3.05, 3.63) is 46.9 Å². The van der Waals surface area contributed by atoms with E-state index in [4.69, 9.17) is 4.74 Å². The number of urea groups is 1. The fourth-order valence-electron chi connectivity index (χ4n) is 3.49. The summed E-state index contributed by atoms with van der Waals surface area (Å²) in [4.78, 5) is 26.3. The van der Waals surface area contributed by atoms with Gasteiger partial charge in [-0.25, -0.2) is 22.4 Å². The van der Waals surface area contributed by atoms with Crippen molar-refractivity contribution in [3.63, 3.8) is 0 Å². The highest BCUT2D eigenvalue weighted by atomic mass is 32.2. The van der Waals surface area contributed by atoms with Crippen molar-refractivity contribution in [1.29, 1.82) is 0 Å². The third-order valence-electron chi connectivity index (χ3n) is 4.72. The maximum atomic E-state index is 14.2. The molecule has 1 fully saturated rings. The molecule has 1 aromatic carbocycles. The van der Waals surface area contributed by atoms with E-state index in [-0.39, 0.29) is 34.8 Å². The van der Waals surface area contributed by atoms with E-state index in [1.54, 1.807) is 13.0 Å². The van der Waals surface area contributed by atoms with Gasteiger partial charge in [-0.3, -0.25) is 4.90 Å². The zero-order valence-electron chi connectivity index (χ0n) is 14.4. The highest BCUT2D eigenvalue weighted by molar-refractivity contribution is 7.91. The largest absolute Gasteiger partial charge is 0.466 e. The van der Waals surface area contributed by atoms with Gasteiger partial charge in [-0.1, -0.05) is 18.2 Å². The number of amides is 2. The van der Waals surface area contributed by atoms with E-state index in [0.29, 0.717) is 0 Å². The van der Waals surface area contributed by atoms with Crippen molar-refractivity contribution in [1.82, 2.24) is 10.2 Å². The number of sulfone groups is 1. The summed E-state index contributed by atoms with van der Waals surface area (Å²) in [5.41, 5.74) is 0.497. The maximum absolute atomic E-state index is 14.2. The lowest BCUT2D eigenvalue weighted by molar-refractivity contribution is -0.136. The van der Waals surface area contributed by atoms with E-state index in [2.05, 4.69) is 5.32 Å². The Morgan fingerprint density at radius 3 is 2.62 bits per heavy atom. The van der Waals surface area contributed by atoms with E-state index < -0.39 is 39.7 Å². The number of allylic oxidation sites excluding steroid dienone is 1. The van der Waals surface area contributed by atoms with E-state index in [9.17, 15) is 22.4 Å². The molecule has 1 saturated heterocycles. The van der Waals surface area contributed by atoms with Gasteiger partial charge in [-0.05, 0) is 19.4 Å². The minimum atomic E-state index is -3.23. The summed E-state index contributed by atoms with van der Waals surface area (Å²) < 4.78 is 42.6. The summed E-state index contributed by atoms with van der Waals surface area (Å²) in [5, 5.41) is 2.62. The second-order valence-electron chi connectivity index (χ2n) is 6.32. The molecule has 1 aromatic rings. The number of benzene rings is 1. The Kier molecular flexibility index (Phi) is 4.74. The summed E-state index contributed by atoms with van der Waals surface area (Å²) in [6.45, 7) is 1.55. The van der Waals surface area contributed by atoms with Crippen LogP contribution in [0.4, 0.5) is 9.18 Å².